The Kier molecular flexibility index (Phi) is 5.71. The van der Waals surface area contributed by atoms with Crippen molar-refractivity contribution < 1.29 is 4.79 Å². The summed E-state index contributed by atoms with van der Waals surface area (Å²) in [6, 6.07) is 16.0. The van der Waals surface area contributed by atoms with Crippen molar-refractivity contribution in [3.05, 3.63) is 64.4 Å². The standard InChI is InChI=1S/C20H23N5OS/c1-14-7-9-16(10-8-14)19-22-23-20(27)25(19)13-18(26)21-12-15-5-4-6-17(11-15)24(2)3/h4-11H,12-13H2,1-3H3,(H,21,26)(H,23,27). The molecule has 0 unspecified atom stereocenters. The predicted molar refractivity (Wildman–Crippen MR) is 110 cm³/mol. The number of anilines is 1. The maximum atomic E-state index is 12.5. The van der Waals surface area contributed by atoms with Crippen LogP contribution in [0.5, 0.6) is 0 Å². The molecule has 7 heteroatoms. The number of hydrogen-bond acceptors (Lipinski definition) is 4. The monoisotopic (exact) mass is 381 g/mol. The Balaban J connectivity index is 1.70. The fourth-order valence-electron chi connectivity index (χ4n) is 2.73. The summed E-state index contributed by atoms with van der Waals surface area (Å²) in [6.45, 7) is 2.61. The summed E-state index contributed by atoms with van der Waals surface area (Å²) in [5, 5.41) is 10.0. The first-order valence-electron chi connectivity index (χ1n) is 8.69. The smallest absolute Gasteiger partial charge is 0.240 e. The lowest BCUT2D eigenvalue weighted by Gasteiger charge is -2.14. The molecule has 0 saturated carbocycles. The summed E-state index contributed by atoms with van der Waals surface area (Å²) in [5.74, 6) is 0.542. The maximum Gasteiger partial charge on any atom is 0.240 e. The minimum absolute atomic E-state index is 0.115. The first kappa shape index (κ1) is 18.8. The molecule has 3 rings (SSSR count). The lowest BCUT2D eigenvalue weighted by atomic mass is 10.1. The van der Waals surface area contributed by atoms with Gasteiger partial charge in [0.2, 0.25) is 5.91 Å². The average molecular weight is 382 g/mol. The van der Waals surface area contributed by atoms with Gasteiger partial charge in [-0.3, -0.25) is 14.5 Å². The van der Waals surface area contributed by atoms with Crippen LogP contribution >= 0.6 is 12.2 Å². The van der Waals surface area contributed by atoms with E-state index in [1.54, 1.807) is 4.57 Å². The van der Waals surface area contributed by atoms with Crippen molar-refractivity contribution in [3.8, 4) is 11.4 Å². The molecule has 0 aliphatic heterocycles. The summed E-state index contributed by atoms with van der Waals surface area (Å²) in [7, 11) is 3.98. The van der Waals surface area contributed by atoms with Crippen LogP contribution in [0.15, 0.2) is 48.5 Å². The van der Waals surface area contributed by atoms with E-state index < -0.39 is 0 Å². The Morgan fingerprint density at radius 3 is 2.67 bits per heavy atom. The molecule has 2 aromatic carbocycles. The van der Waals surface area contributed by atoms with Crippen LogP contribution in [0.2, 0.25) is 0 Å². The lowest BCUT2D eigenvalue weighted by molar-refractivity contribution is -0.121. The predicted octanol–water partition coefficient (Wildman–Crippen LogP) is 3.30. The Hall–Kier alpha value is -2.93. The highest BCUT2D eigenvalue weighted by atomic mass is 32.1. The molecule has 6 nitrogen and oxygen atoms in total. The van der Waals surface area contributed by atoms with Gasteiger partial charge < -0.3 is 10.2 Å². The molecule has 3 aromatic rings. The summed E-state index contributed by atoms with van der Waals surface area (Å²) in [5.41, 5.74) is 4.22. The van der Waals surface area contributed by atoms with Crippen LogP contribution < -0.4 is 10.2 Å². The highest BCUT2D eigenvalue weighted by molar-refractivity contribution is 7.71. The Morgan fingerprint density at radius 2 is 1.96 bits per heavy atom. The molecular formula is C20H23N5OS. The fraction of sp³-hybridized carbons (Fsp3) is 0.250. The van der Waals surface area contributed by atoms with Gasteiger partial charge in [-0.1, -0.05) is 42.0 Å². The number of aromatic nitrogens is 3. The van der Waals surface area contributed by atoms with Crippen molar-refractivity contribution >= 4 is 23.8 Å². The number of benzene rings is 2. The van der Waals surface area contributed by atoms with Crippen LogP contribution in [-0.2, 0) is 17.9 Å². The number of nitrogens with zero attached hydrogens (tertiary/aromatic N) is 3. The molecule has 0 bridgehead atoms. The van der Waals surface area contributed by atoms with Crippen LogP contribution in [0.1, 0.15) is 11.1 Å². The van der Waals surface area contributed by atoms with Crippen LogP contribution in [0.3, 0.4) is 0 Å². The first-order chi connectivity index (χ1) is 12.9. The van der Waals surface area contributed by atoms with Crippen molar-refractivity contribution in [1.29, 1.82) is 0 Å². The largest absolute Gasteiger partial charge is 0.378 e. The topological polar surface area (TPSA) is 66.0 Å². The van der Waals surface area contributed by atoms with E-state index in [4.69, 9.17) is 12.2 Å². The van der Waals surface area contributed by atoms with Gasteiger partial charge in [-0.25, -0.2) is 0 Å². The molecule has 0 aliphatic rings. The molecule has 2 N–H and O–H groups in total. The summed E-state index contributed by atoms with van der Waals surface area (Å²) >= 11 is 5.30. The van der Waals surface area contributed by atoms with Gasteiger partial charge in [-0.15, -0.1) is 0 Å². The summed E-state index contributed by atoms with van der Waals surface area (Å²) in [4.78, 5) is 14.5. The number of hydrogen-bond donors (Lipinski definition) is 2. The van der Waals surface area contributed by atoms with Gasteiger partial charge in [-0.2, -0.15) is 5.10 Å². The number of rotatable bonds is 6. The Bertz CT molecular complexity index is 988. The lowest BCUT2D eigenvalue weighted by Crippen LogP contribution is -2.27. The number of carbonyl (C=O) groups is 1. The third-order valence-electron chi connectivity index (χ3n) is 4.29. The van der Waals surface area contributed by atoms with Crippen molar-refractivity contribution in [2.75, 3.05) is 19.0 Å². The van der Waals surface area contributed by atoms with E-state index in [1.165, 1.54) is 0 Å². The molecule has 0 aliphatic carbocycles. The third kappa shape index (κ3) is 4.62. The van der Waals surface area contributed by atoms with Gasteiger partial charge in [-0.05, 0) is 36.8 Å². The first-order valence-corrected chi connectivity index (χ1v) is 9.10. The van der Waals surface area contributed by atoms with E-state index in [0.717, 1.165) is 22.4 Å². The van der Waals surface area contributed by atoms with E-state index in [9.17, 15) is 4.79 Å². The summed E-state index contributed by atoms with van der Waals surface area (Å²) < 4.78 is 2.14. The molecule has 0 atom stereocenters. The van der Waals surface area contributed by atoms with Crippen molar-refractivity contribution in [3.63, 3.8) is 0 Å². The zero-order valence-electron chi connectivity index (χ0n) is 15.7. The average Bonchev–Trinajstić information content (AvgIpc) is 3.01. The Labute approximate surface area is 163 Å². The van der Waals surface area contributed by atoms with E-state index in [-0.39, 0.29) is 12.5 Å². The van der Waals surface area contributed by atoms with Gasteiger partial charge in [0.25, 0.3) is 0 Å². The van der Waals surface area contributed by atoms with E-state index in [0.29, 0.717) is 17.1 Å². The molecule has 0 spiro atoms. The second kappa shape index (κ2) is 8.18. The van der Waals surface area contributed by atoms with Crippen LogP contribution in [0.4, 0.5) is 5.69 Å². The maximum absolute atomic E-state index is 12.5. The third-order valence-corrected chi connectivity index (χ3v) is 4.60. The van der Waals surface area contributed by atoms with E-state index in [1.807, 2.05) is 68.4 Å². The van der Waals surface area contributed by atoms with Gasteiger partial charge in [0.1, 0.15) is 6.54 Å². The molecule has 1 aromatic heterocycles. The highest BCUT2D eigenvalue weighted by Gasteiger charge is 2.12. The highest BCUT2D eigenvalue weighted by Crippen LogP contribution is 2.18. The summed E-state index contributed by atoms with van der Waals surface area (Å²) in [6.07, 6.45) is 0. The minimum atomic E-state index is -0.115. The molecule has 27 heavy (non-hydrogen) atoms. The SMILES string of the molecule is Cc1ccc(-c2n[nH]c(=S)n2CC(=O)NCc2cccc(N(C)C)c2)cc1. The zero-order chi connectivity index (χ0) is 19.4. The second-order valence-electron chi connectivity index (χ2n) is 6.65. The molecular weight excluding hydrogens is 358 g/mol. The van der Waals surface area contributed by atoms with Crippen molar-refractivity contribution in [2.24, 2.45) is 0 Å². The quantitative estimate of drug-likeness (QED) is 0.643. The van der Waals surface area contributed by atoms with Crippen molar-refractivity contribution in [1.82, 2.24) is 20.1 Å². The van der Waals surface area contributed by atoms with E-state index >= 15 is 0 Å². The number of aromatic amines is 1. The van der Waals surface area contributed by atoms with Gasteiger partial charge in [0.05, 0.1) is 0 Å². The number of aryl methyl sites for hydroxylation is 1. The molecule has 1 heterocycles. The molecule has 0 fully saturated rings. The van der Waals surface area contributed by atoms with Gasteiger partial charge >= 0.3 is 0 Å². The molecule has 1 amide bonds. The van der Waals surface area contributed by atoms with Gasteiger partial charge in [0, 0.05) is 31.9 Å². The second-order valence-corrected chi connectivity index (χ2v) is 7.03. The normalized spacial score (nSPS) is 10.6. The van der Waals surface area contributed by atoms with Crippen LogP contribution in [0.25, 0.3) is 11.4 Å². The molecule has 0 radical (unpaired) electrons. The number of amides is 1. The molecule has 140 valence electrons. The van der Waals surface area contributed by atoms with Crippen LogP contribution in [0, 0.1) is 11.7 Å². The number of H-pyrrole nitrogens is 1. The van der Waals surface area contributed by atoms with Gasteiger partial charge in [0.15, 0.2) is 10.6 Å². The minimum Gasteiger partial charge on any atom is -0.378 e. The number of carbonyl (C=O) groups excluding carboxylic acids is 1. The number of nitrogens with one attached hydrogen (secondary N) is 2. The van der Waals surface area contributed by atoms with E-state index in [2.05, 4.69) is 21.6 Å². The Morgan fingerprint density at radius 1 is 1.22 bits per heavy atom. The molecule has 0 saturated heterocycles. The van der Waals surface area contributed by atoms with Crippen molar-refractivity contribution in [2.45, 2.75) is 20.0 Å². The zero-order valence-corrected chi connectivity index (χ0v) is 16.5. The van der Waals surface area contributed by atoms with Crippen LogP contribution in [-0.4, -0.2) is 34.8 Å². The fourth-order valence-corrected chi connectivity index (χ4v) is 2.93.